The highest BCUT2D eigenvalue weighted by molar-refractivity contribution is 5.88. The fourth-order valence-electron chi connectivity index (χ4n) is 6.41. The molecule has 7 aromatic rings. The van der Waals surface area contributed by atoms with Gasteiger partial charge in [0.2, 0.25) is 5.88 Å². The SMILES string of the molecule is O=c1oc2ccccc2c2c1C(c1ccc(N3CCOCC3)cc1)c1c(ncn3nc(-c4ccc5ccccc5c4)nc13)O2. The van der Waals surface area contributed by atoms with Gasteiger partial charge in [-0.3, -0.25) is 0 Å². The molecule has 9 rings (SSSR count). The summed E-state index contributed by atoms with van der Waals surface area (Å²) in [5.41, 5.74) is 4.55. The minimum Gasteiger partial charge on any atom is -0.437 e. The van der Waals surface area contributed by atoms with E-state index in [0.29, 0.717) is 58.4 Å². The van der Waals surface area contributed by atoms with Crippen molar-refractivity contribution in [2.24, 2.45) is 0 Å². The summed E-state index contributed by atoms with van der Waals surface area (Å²) in [4.78, 5) is 25.7. The van der Waals surface area contributed by atoms with Crippen LogP contribution >= 0.6 is 0 Å². The third kappa shape index (κ3) is 3.90. The van der Waals surface area contributed by atoms with Gasteiger partial charge in [-0.1, -0.05) is 60.7 Å². The second-order valence-electron chi connectivity index (χ2n) is 11.1. The molecule has 0 saturated carbocycles. The van der Waals surface area contributed by atoms with E-state index >= 15 is 0 Å². The third-order valence-electron chi connectivity index (χ3n) is 8.57. The predicted octanol–water partition coefficient (Wildman–Crippen LogP) is 6.17. The molecule has 1 saturated heterocycles. The molecule has 214 valence electrons. The Morgan fingerprint density at radius 2 is 1.61 bits per heavy atom. The highest BCUT2D eigenvalue weighted by atomic mass is 16.5. The van der Waals surface area contributed by atoms with Crippen LogP contribution < -0.4 is 15.3 Å². The van der Waals surface area contributed by atoms with Crippen LogP contribution in [0.2, 0.25) is 0 Å². The molecule has 0 aliphatic carbocycles. The summed E-state index contributed by atoms with van der Waals surface area (Å²) < 4.78 is 19.5. The molecular formula is C35H25N5O4. The summed E-state index contributed by atoms with van der Waals surface area (Å²) in [5.74, 6) is 0.861. The first kappa shape index (κ1) is 25.0. The summed E-state index contributed by atoms with van der Waals surface area (Å²) in [7, 11) is 0. The van der Waals surface area contributed by atoms with Crippen molar-refractivity contribution in [2.45, 2.75) is 5.92 Å². The van der Waals surface area contributed by atoms with Gasteiger partial charge in [0.15, 0.2) is 17.2 Å². The molecule has 4 aromatic carbocycles. The third-order valence-corrected chi connectivity index (χ3v) is 8.57. The Labute approximate surface area is 250 Å². The van der Waals surface area contributed by atoms with Crippen LogP contribution in [0.3, 0.4) is 0 Å². The van der Waals surface area contributed by atoms with E-state index in [4.69, 9.17) is 24.0 Å². The zero-order valence-electron chi connectivity index (χ0n) is 23.5. The van der Waals surface area contributed by atoms with Crippen molar-refractivity contribution < 1.29 is 13.9 Å². The van der Waals surface area contributed by atoms with E-state index in [-0.39, 0.29) is 0 Å². The molecule has 1 atom stereocenters. The lowest BCUT2D eigenvalue weighted by atomic mass is 9.84. The Bertz CT molecular complexity index is 2290. The number of morpholine rings is 1. The standard InChI is InChI=1S/C35H25N5O4/c41-35-29-28(22-11-13-25(14-12-22)39-15-17-42-18-16-39)30-33-37-32(24-10-9-21-5-1-2-6-23(21)19-24)38-40(33)20-36-34(30)44-31(29)26-7-3-4-8-27(26)43-35/h1-14,19-20,28H,15-18H2. The van der Waals surface area contributed by atoms with Crippen LogP contribution in [-0.4, -0.2) is 45.9 Å². The van der Waals surface area contributed by atoms with Crippen LogP contribution in [-0.2, 0) is 4.74 Å². The molecule has 9 nitrogen and oxygen atoms in total. The van der Waals surface area contributed by atoms with Crippen molar-refractivity contribution in [1.29, 1.82) is 0 Å². The van der Waals surface area contributed by atoms with Gasteiger partial charge in [-0.2, -0.15) is 0 Å². The number of para-hydroxylation sites is 1. The molecule has 9 heteroatoms. The van der Waals surface area contributed by atoms with Gasteiger partial charge in [0.25, 0.3) is 0 Å². The summed E-state index contributed by atoms with van der Waals surface area (Å²) in [5, 5.41) is 7.75. The fourth-order valence-corrected chi connectivity index (χ4v) is 6.41. The summed E-state index contributed by atoms with van der Waals surface area (Å²) in [6.07, 6.45) is 1.61. The molecule has 0 N–H and O–H groups in total. The van der Waals surface area contributed by atoms with E-state index in [1.807, 2.05) is 36.4 Å². The monoisotopic (exact) mass is 579 g/mol. The number of hydrogen-bond acceptors (Lipinski definition) is 8. The lowest BCUT2D eigenvalue weighted by molar-refractivity contribution is 0.122. The van der Waals surface area contributed by atoms with E-state index in [1.165, 1.54) is 0 Å². The fraction of sp³-hybridized carbons (Fsp3) is 0.143. The summed E-state index contributed by atoms with van der Waals surface area (Å²) in [6, 6.07) is 30.1. The quantitative estimate of drug-likeness (QED) is 0.229. The van der Waals surface area contributed by atoms with E-state index in [9.17, 15) is 4.79 Å². The maximum atomic E-state index is 13.7. The smallest absolute Gasteiger partial charge is 0.344 e. The zero-order chi connectivity index (χ0) is 29.2. The van der Waals surface area contributed by atoms with Crippen LogP contribution in [0, 0.1) is 0 Å². The first-order valence-corrected chi connectivity index (χ1v) is 14.6. The van der Waals surface area contributed by atoms with Gasteiger partial charge in [0, 0.05) is 24.3 Å². The highest BCUT2D eigenvalue weighted by Gasteiger charge is 2.37. The van der Waals surface area contributed by atoms with E-state index < -0.39 is 11.5 Å². The number of aromatic nitrogens is 4. The van der Waals surface area contributed by atoms with Crippen molar-refractivity contribution >= 4 is 33.1 Å². The minimum atomic E-state index is -0.543. The van der Waals surface area contributed by atoms with Crippen LogP contribution in [0.4, 0.5) is 5.69 Å². The lowest BCUT2D eigenvalue weighted by Crippen LogP contribution is -2.36. The van der Waals surface area contributed by atoms with E-state index in [0.717, 1.165) is 40.7 Å². The van der Waals surface area contributed by atoms with Crippen LogP contribution in [0.1, 0.15) is 22.6 Å². The number of anilines is 1. The van der Waals surface area contributed by atoms with Gasteiger partial charge in [-0.25, -0.2) is 19.3 Å². The number of fused-ring (bicyclic) bond motifs is 7. The zero-order valence-corrected chi connectivity index (χ0v) is 23.5. The van der Waals surface area contributed by atoms with E-state index in [1.54, 1.807) is 16.9 Å². The largest absolute Gasteiger partial charge is 0.437 e. The van der Waals surface area contributed by atoms with Crippen LogP contribution in [0.5, 0.6) is 11.6 Å². The predicted molar refractivity (Wildman–Crippen MR) is 167 cm³/mol. The van der Waals surface area contributed by atoms with Gasteiger partial charge in [-0.15, -0.1) is 5.10 Å². The van der Waals surface area contributed by atoms with Gasteiger partial charge in [-0.05, 0) is 46.7 Å². The van der Waals surface area contributed by atoms with Crippen LogP contribution in [0.25, 0.3) is 38.8 Å². The molecule has 0 amide bonds. The maximum Gasteiger partial charge on any atom is 0.344 e. The average molecular weight is 580 g/mol. The Hall–Kier alpha value is -5.54. The summed E-state index contributed by atoms with van der Waals surface area (Å²) in [6.45, 7) is 3.07. The molecule has 2 aliphatic rings. The topological polar surface area (TPSA) is 95.0 Å². The average Bonchev–Trinajstić information content (AvgIpc) is 3.53. The van der Waals surface area contributed by atoms with Gasteiger partial charge in [0.05, 0.1) is 35.6 Å². The molecule has 5 heterocycles. The number of benzene rings is 4. The molecular weight excluding hydrogens is 554 g/mol. The minimum absolute atomic E-state index is 0.389. The second-order valence-corrected chi connectivity index (χ2v) is 11.1. The van der Waals surface area contributed by atoms with Crippen molar-refractivity contribution in [1.82, 2.24) is 19.6 Å². The molecule has 2 aliphatic heterocycles. The Morgan fingerprint density at radius 1 is 0.818 bits per heavy atom. The molecule has 3 aromatic heterocycles. The molecule has 0 spiro atoms. The highest BCUT2D eigenvalue weighted by Crippen LogP contribution is 2.49. The molecule has 0 bridgehead atoms. The molecule has 1 unspecified atom stereocenters. The van der Waals surface area contributed by atoms with Crippen molar-refractivity contribution in [3.05, 3.63) is 124 Å². The van der Waals surface area contributed by atoms with Crippen molar-refractivity contribution in [3.8, 4) is 23.0 Å². The van der Waals surface area contributed by atoms with Crippen LogP contribution in [0.15, 0.2) is 107 Å². The lowest BCUT2D eigenvalue weighted by Gasteiger charge is -2.30. The second kappa shape index (κ2) is 9.75. The van der Waals surface area contributed by atoms with Gasteiger partial charge in [0.1, 0.15) is 11.9 Å². The number of hydrogen-bond donors (Lipinski definition) is 0. The molecule has 44 heavy (non-hydrogen) atoms. The first-order chi connectivity index (χ1) is 21.7. The normalized spacial score (nSPS) is 16.2. The molecule has 0 radical (unpaired) electrons. The Kier molecular flexibility index (Phi) is 5.54. The van der Waals surface area contributed by atoms with Crippen molar-refractivity contribution in [3.63, 3.8) is 0 Å². The van der Waals surface area contributed by atoms with Gasteiger partial charge < -0.3 is 18.8 Å². The molecule has 1 fully saturated rings. The first-order valence-electron chi connectivity index (χ1n) is 14.6. The number of ether oxygens (including phenoxy) is 2. The Balaban J connectivity index is 1.25. The van der Waals surface area contributed by atoms with E-state index in [2.05, 4.69) is 58.4 Å². The Morgan fingerprint density at radius 3 is 2.48 bits per heavy atom. The summed E-state index contributed by atoms with van der Waals surface area (Å²) >= 11 is 0. The van der Waals surface area contributed by atoms with Gasteiger partial charge >= 0.3 is 5.63 Å². The maximum absolute atomic E-state index is 13.7. The number of nitrogens with zero attached hydrogens (tertiary/aromatic N) is 5. The van der Waals surface area contributed by atoms with Crippen molar-refractivity contribution in [2.75, 3.05) is 31.2 Å². The number of rotatable bonds is 3.